The lowest BCUT2D eigenvalue weighted by Gasteiger charge is -2.06. The van der Waals surface area contributed by atoms with Crippen molar-refractivity contribution in [1.29, 1.82) is 0 Å². The number of fused-ring (bicyclic) bond motifs is 1. The summed E-state index contributed by atoms with van der Waals surface area (Å²) < 4.78 is 0. The normalized spacial score (nSPS) is 15.8. The molecular formula is C13H13NO. The number of benzene rings is 1. The maximum absolute atomic E-state index is 9.33. The Morgan fingerprint density at radius 2 is 2.07 bits per heavy atom. The predicted molar refractivity (Wildman–Crippen MR) is 59.6 cm³/mol. The second-order valence-corrected chi connectivity index (χ2v) is 4.16. The van der Waals surface area contributed by atoms with E-state index < -0.39 is 0 Å². The largest absolute Gasteiger partial charge is 0.392 e. The van der Waals surface area contributed by atoms with Crippen molar-refractivity contribution in [3.63, 3.8) is 0 Å². The number of rotatable bonds is 2. The number of aliphatic hydroxyl groups excluding tert-OH is 1. The van der Waals surface area contributed by atoms with Crippen LogP contribution >= 0.6 is 0 Å². The summed E-state index contributed by atoms with van der Waals surface area (Å²) >= 11 is 0. The van der Waals surface area contributed by atoms with Crippen LogP contribution in [0.25, 0.3) is 10.9 Å². The molecule has 1 fully saturated rings. The van der Waals surface area contributed by atoms with Crippen molar-refractivity contribution in [1.82, 2.24) is 4.98 Å². The fourth-order valence-electron chi connectivity index (χ4n) is 1.99. The molecule has 0 unspecified atom stereocenters. The Morgan fingerprint density at radius 1 is 1.27 bits per heavy atom. The summed E-state index contributed by atoms with van der Waals surface area (Å²) in [7, 11) is 0. The van der Waals surface area contributed by atoms with Crippen LogP contribution in [-0.2, 0) is 6.61 Å². The van der Waals surface area contributed by atoms with Crippen LogP contribution in [-0.4, -0.2) is 10.1 Å². The van der Waals surface area contributed by atoms with Gasteiger partial charge in [0.2, 0.25) is 0 Å². The predicted octanol–water partition coefficient (Wildman–Crippen LogP) is 2.60. The number of hydrogen-bond acceptors (Lipinski definition) is 2. The van der Waals surface area contributed by atoms with Gasteiger partial charge in [-0.3, -0.25) is 4.98 Å². The fraction of sp³-hybridized carbons (Fsp3) is 0.308. The summed E-state index contributed by atoms with van der Waals surface area (Å²) in [6.07, 6.45) is 2.49. The van der Waals surface area contributed by atoms with Gasteiger partial charge in [0.05, 0.1) is 12.1 Å². The van der Waals surface area contributed by atoms with Gasteiger partial charge in [0.15, 0.2) is 0 Å². The van der Waals surface area contributed by atoms with E-state index in [4.69, 9.17) is 0 Å². The topological polar surface area (TPSA) is 33.1 Å². The van der Waals surface area contributed by atoms with Crippen LogP contribution < -0.4 is 0 Å². The quantitative estimate of drug-likeness (QED) is 0.806. The minimum atomic E-state index is 0.1000. The van der Waals surface area contributed by atoms with Crippen LogP contribution in [0.1, 0.15) is 30.0 Å². The molecule has 1 aliphatic rings. The lowest BCUT2D eigenvalue weighted by molar-refractivity contribution is 0.283. The van der Waals surface area contributed by atoms with E-state index in [-0.39, 0.29) is 6.61 Å². The summed E-state index contributed by atoms with van der Waals surface area (Å²) in [6.45, 7) is 0.1000. The Labute approximate surface area is 88.6 Å². The molecule has 1 N–H and O–H groups in total. The highest BCUT2D eigenvalue weighted by Gasteiger charge is 2.25. The molecule has 0 saturated heterocycles. The molecule has 2 heteroatoms. The van der Waals surface area contributed by atoms with Crippen LogP contribution in [0.3, 0.4) is 0 Å². The van der Waals surface area contributed by atoms with Crippen molar-refractivity contribution >= 4 is 10.9 Å². The Morgan fingerprint density at radius 3 is 2.80 bits per heavy atom. The number of nitrogens with zero attached hydrogens (tertiary/aromatic N) is 1. The SMILES string of the molecule is OCc1cc(C2CC2)nc2ccccc12. The van der Waals surface area contributed by atoms with Gasteiger partial charge in [-0.05, 0) is 30.5 Å². The Balaban J connectivity index is 2.25. The monoisotopic (exact) mass is 199 g/mol. The van der Waals surface area contributed by atoms with E-state index in [0.29, 0.717) is 5.92 Å². The number of aliphatic hydroxyl groups is 1. The molecule has 1 saturated carbocycles. The Hall–Kier alpha value is -1.41. The minimum absolute atomic E-state index is 0.1000. The summed E-state index contributed by atoms with van der Waals surface area (Å²) in [4.78, 5) is 4.63. The molecule has 76 valence electrons. The zero-order valence-corrected chi connectivity index (χ0v) is 8.48. The zero-order chi connectivity index (χ0) is 10.3. The first-order chi connectivity index (χ1) is 7.38. The number of pyridine rings is 1. The molecule has 2 nitrogen and oxygen atoms in total. The number of hydrogen-bond donors (Lipinski definition) is 1. The van der Waals surface area contributed by atoms with Crippen molar-refractivity contribution in [2.45, 2.75) is 25.4 Å². The average Bonchev–Trinajstić information content (AvgIpc) is 3.11. The van der Waals surface area contributed by atoms with Gasteiger partial charge in [0.25, 0.3) is 0 Å². The number of aromatic nitrogens is 1. The van der Waals surface area contributed by atoms with Crippen molar-refractivity contribution in [3.8, 4) is 0 Å². The zero-order valence-electron chi connectivity index (χ0n) is 8.48. The van der Waals surface area contributed by atoms with E-state index in [0.717, 1.165) is 22.2 Å². The third-order valence-corrected chi connectivity index (χ3v) is 2.99. The van der Waals surface area contributed by atoms with Gasteiger partial charge in [-0.25, -0.2) is 0 Å². The van der Waals surface area contributed by atoms with Crippen molar-refractivity contribution in [2.24, 2.45) is 0 Å². The van der Waals surface area contributed by atoms with Gasteiger partial charge in [0.1, 0.15) is 0 Å². The molecular weight excluding hydrogens is 186 g/mol. The van der Waals surface area contributed by atoms with Gasteiger partial charge in [-0.2, -0.15) is 0 Å². The maximum Gasteiger partial charge on any atom is 0.0709 e. The standard InChI is InChI=1S/C13H13NO/c15-8-10-7-13(9-5-6-9)14-12-4-2-1-3-11(10)12/h1-4,7,9,15H,5-6,8H2. The van der Waals surface area contributed by atoms with Crippen LogP contribution in [0.4, 0.5) is 0 Å². The fourth-order valence-corrected chi connectivity index (χ4v) is 1.99. The molecule has 0 radical (unpaired) electrons. The van der Waals surface area contributed by atoms with Gasteiger partial charge in [0, 0.05) is 17.0 Å². The molecule has 0 aliphatic heterocycles. The Kier molecular flexibility index (Phi) is 1.96. The summed E-state index contributed by atoms with van der Waals surface area (Å²) in [6, 6.07) is 10.1. The van der Waals surface area contributed by atoms with E-state index in [1.807, 2.05) is 24.3 Å². The van der Waals surface area contributed by atoms with Gasteiger partial charge in [-0.15, -0.1) is 0 Å². The molecule has 15 heavy (non-hydrogen) atoms. The minimum Gasteiger partial charge on any atom is -0.392 e. The molecule has 3 rings (SSSR count). The van der Waals surface area contributed by atoms with Crippen molar-refractivity contribution in [2.75, 3.05) is 0 Å². The van der Waals surface area contributed by atoms with Crippen molar-refractivity contribution < 1.29 is 5.11 Å². The first kappa shape index (κ1) is 8.86. The van der Waals surface area contributed by atoms with Gasteiger partial charge in [-0.1, -0.05) is 18.2 Å². The Bertz CT molecular complexity index is 503. The molecule has 0 amide bonds. The molecule has 1 aliphatic carbocycles. The summed E-state index contributed by atoms with van der Waals surface area (Å²) in [5, 5.41) is 10.4. The molecule has 2 aromatic rings. The van der Waals surface area contributed by atoms with Gasteiger partial charge >= 0.3 is 0 Å². The van der Waals surface area contributed by atoms with Crippen LogP contribution in [0.15, 0.2) is 30.3 Å². The highest BCUT2D eigenvalue weighted by molar-refractivity contribution is 5.82. The smallest absolute Gasteiger partial charge is 0.0709 e. The van der Waals surface area contributed by atoms with E-state index in [2.05, 4.69) is 11.1 Å². The molecule has 0 spiro atoms. The van der Waals surface area contributed by atoms with E-state index >= 15 is 0 Å². The number of para-hydroxylation sites is 1. The highest BCUT2D eigenvalue weighted by atomic mass is 16.3. The van der Waals surface area contributed by atoms with Crippen LogP contribution in [0.2, 0.25) is 0 Å². The van der Waals surface area contributed by atoms with E-state index in [1.165, 1.54) is 12.8 Å². The lowest BCUT2D eigenvalue weighted by Crippen LogP contribution is -1.94. The molecule has 1 heterocycles. The van der Waals surface area contributed by atoms with E-state index in [1.54, 1.807) is 0 Å². The summed E-state index contributed by atoms with van der Waals surface area (Å²) in [5.74, 6) is 0.639. The van der Waals surface area contributed by atoms with Gasteiger partial charge < -0.3 is 5.11 Å². The first-order valence-electron chi connectivity index (χ1n) is 5.38. The maximum atomic E-state index is 9.33. The molecule has 0 atom stereocenters. The van der Waals surface area contributed by atoms with Crippen LogP contribution in [0, 0.1) is 0 Å². The molecule has 0 bridgehead atoms. The lowest BCUT2D eigenvalue weighted by atomic mass is 10.1. The highest BCUT2D eigenvalue weighted by Crippen LogP contribution is 2.40. The van der Waals surface area contributed by atoms with Crippen molar-refractivity contribution in [3.05, 3.63) is 41.6 Å². The second-order valence-electron chi connectivity index (χ2n) is 4.16. The molecule has 1 aromatic carbocycles. The second kappa shape index (κ2) is 3.31. The third-order valence-electron chi connectivity index (χ3n) is 2.99. The molecule has 1 aromatic heterocycles. The third kappa shape index (κ3) is 1.51. The summed E-state index contributed by atoms with van der Waals surface area (Å²) in [5.41, 5.74) is 3.16. The van der Waals surface area contributed by atoms with E-state index in [9.17, 15) is 5.11 Å². The first-order valence-corrected chi connectivity index (χ1v) is 5.38. The van der Waals surface area contributed by atoms with Crippen LogP contribution in [0.5, 0.6) is 0 Å². The average molecular weight is 199 g/mol.